The van der Waals surface area contributed by atoms with Gasteiger partial charge in [0.1, 0.15) is 12.4 Å². The van der Waals surface area contributed by atoms with Crippen molar-refractivity contribution in [2.75, 3.05) is 30.3 Å². The van der Waals surface area contributed by atoms with Gasteiger partial charge in [0, 0.05) is 24.5 Å². The third-order valence-corrected chi connectivity index (χ3v) is 3.39. The summed E-state index contributed by atoms with van der Waals surface area (Å²) in [6.45, 7) is 1.75. The molecule has 1 fully saturated rings. The second kappa shape index (κ2) is 7.08. The molecule has 1 unspecified atom stereocenters. The Hall–Kier alpha value is -2.64. The van der Waals surface area contributed by atoms with Crippen LogP contribution in [0.25, 0.3) is 0 Å². The summed E-state index contributed by atoms with van der Waals surface area (Å²) in [5.74, 6) is -0.488. The summed E-state index contributed by atoms with van der Waals surface area (Å²) in [7, 11) is 0. The van der Waals surface area contributed by atoms with Crippen molar-refractivity contribution in [3.8, 4) is 0 Å². The van der Waals surface area contributed by atoms with Gasteiger partial charge in [-0.1, -0.05) is 6.07 Å². The van der Waals surface area contributed by atoms with Crippen LogP contribution in [0.4, 0.5) is 11.4 Å². The molecule has 0 radical (unpaired) electrons. The number of nitrogens with one attached hydrogen (secondary N) is 3. The summed E-state index contributed by atoms with van der Waals surface area (Å²) in [6, 6.07) is 8.51. The van der Waals surface area contributed by atoms with Crippen molar-refractivity contribution in [1.82, 2.24) is 5.32 Å². The first-order valence-corrected chi connectivity index (χ1v) is 7.29. The normalized spacial score (nSPS) is 17.5. The van der Waals surface area contributed by atoms with Crippen molar-refractivity contribution in [2.45, 2.75) is 6.10 Å². The summed E-state index contributed by atoms with van der Waals surface area (Å²) >= 11 is 0. The van der Waals surface area contributed by atoms with E-state index in [9.17, 15) is 9.59 Å². The van der Waals surface area contributed by atoms with Crippen LogP contribution in [-0.2, 0) is 9.53 Å². The number of rotatable bonds is 4. The molecule has 1 aromatic heterocycles. The summed E-state index contributed by atoms with van der Waals surface area (Å²) in [5, 5.41) is 8.63. The molecule has 0 saturated carbocycles. The Bertz CT molecular complexity index is 678. The fourth-order valence-electron chi connectivity index (χ4n) is 2.23. The zero-order chi connectivity index (χ0) is 16.1. The largest absolute Gasteiger partial charge is 0.472 e. The zero-order valence-corrected chi connectivity index (χ0v) is 12.4. The van der Waals surface area contributed by atoms with E-state index in [1.165, 1.54) is 12.5 Å². The summed E-state index contributed by atoms with van der Waals surface area (Å²) in [5.41, 5.74) is 1.60. The predicted octanol–water partition coefficient (Wildman–Crippen LogP) is 1.46. The van der Waals surface area contributed by atoms with Crippen LogP contribution in [0.2, 0.25) is 0 Å². The quantitative estimate of drug-likeness (QED) is 0.794. The molecular formula is C16H17N3O4. The van der Waals surface area contributed by atoms with Crippen molar-refractivity contribution in [3.63, 3.8) is 0 Å². The second-order valence-corrected chi connectivity index (χ2v) is 5.10. The van der Waals surface area contributed by atoms with E-state index in [1.54, 1.807) is 30.3 Å². The first-order valence-electron chi connectivity index (χ1n) is 7.29. The van der Waals surface area contributed by atoms with Gasteiger partial charge in [0.05, 0.1) is 18.4 Å². The molecule has 1 atom stereocenters. The molecule has 3 rings (SSSR count). The van der Waals surface area contributed by atoms with Gasteiger partial charge >= 0.3 is 0 Å². The number of anilines is 2. The van der Waals surface area contributed by atoms with Crippen LogP contribution in [0.15, 0.2) is 47.3 Å². The molecule has 3 N–H and O–H groups in total. The maximum Gasteiger partial charge on any atom is 0.258 e. The predicted molar refractivity (Wildman–Crippen MR) is 84.3 cm³/mol. The standard InChI is InChI=1S/C16H17N3O4/c20-15(11-4-6-22-10-11)18-12-2-1-3-13(8-12)19-16(21)14-9-17-5-7-23-14/h1-4,6,8,10,14,17H,5,7,9H2,(H,18,20)(H,19,21). The smallest absolute Gasteiger partial charge is 0.258 e. The molecule has 2 aromatic rings. The van der Waals surface area contributed by atoms with Gasteiger partial charge in [-0.15, -0.1) is 0 Å². The van der Waals surface area contributed by atoms with E-state index in [0.29, 0.717) is 30.1 Å². The molecule has 2 amide bonds. The van der Waals surface area contributed by atoms with Crippen LogP contribution >= 0.6 is 0 Å². The SMILES string of the molecule is O=C(Nc1cccc(NC(=O)C2CNCCO2)c1)c1ccoc1. The van der Waals surface area contributed by atoms with E-state index in [2.05, 4.69) is 16.0 Å². The highest BCUT2D eigenvalue weighted by Gasteiger charge is 2.21. The molecule has 7 heteroatoms. The van der Waals surface area contributed by atoms with Crippen LogP contribution in [-0.4, -0.2) is 37.6 Å². The molecule has 1 aromatic carbocycles. The van der Waals surface area contributed by atoms with Crippen LogP contribution in [0.3, 0.4) is 0 Å². The van der Waals surface area contributed by atoms with E-state index in [4.69, 9.17) is 9.15 Å². The van der Waals surface area contributed by atoms with Gasteiger partial charge < -0.3 is 25.1 Å². The fourth-order valence-corrected chi connectivity index (χ4v) is 2.23. The minimum atomic E-state index is -0.507. The lowest BCUT2D eigenvalue weighted by Gasteiger charge is -2.22. The molecule has 0 spiro atoms. The monoisotopic (exact) mass is 315 g/mol. The zero-order valence-electron chi connectivity index (χ0n) is 12.4. The van der Waals surface area contributed by atoms with Crippen molar-refractivity contribution < 1.29 is 18.7 Å². The van der Waals surface area contributed by atoms with E-state index in [1.807, 2.05) is 0 Å². The van der Waals surface area contributed by atoms with Crippen LogP contribution in [0.1, 0.15) is 10.4 Å². The highest BCUT2D eigenvalue weighted by atomic mass is 16.5. The van der Waals surface area contributed by atoms with Crippen molar-refractivity contribution in [3.05, 3.63) is 48.4 Å². The van der Waals surface area contributed by atoms with Crippen LogP contribution in [0.5, 0.6) is 0 Å². The lowest BCUT2D eigenvalue weighted by Crippen LogP contribution is -2.45. The summed E-state index contributed by atoms with van der Waals surface area (Å²) < 4.78 is 10.3. The average molecular weight is 315 g/mol. The molecule has 2 heterocycles. The molecule has 120 valence electrons. The highest BCUT2D eigenvalue weighted by Crippen LogP contribution is 2.17. The topological polar surface area (TPSA) is 92.6 Å². The van der Waals surface area contributed by atoms with Crippen LogP contribution in [0, 0.1) is 0 Å². The minimum absolute atomic E-state index is 0.212. The Morgan fingerprint density at radius 3 is 2.70 bits per heavy atom. The Morgan fingerprint density at radius 2 is 2.00 bits per heavy atom. The molecule has 1 aliphatic heterocycles. The molecule has 0 aliphatic carbocycles. The van der Waals surface area contributed by atoms with Gasteiger partial charge in [-0.25, -0.2) is 0 Å². The Morgan fingerprint density at radius 1 is 1.17 bits per heavy atom. The lowest BCUT2D eigenvalue weighted by molar-refractivity contribution is -0.128. The second-order valence-electron chi connectivity index (χ2n) is 5.10. The van der Waals surface area contributed by atoms with Gasteiger partial charge in [0.15, 0.2) is 0 Å². The third kappa shape index (κ3) is 3.97. The summed E-state index contributed by atoms with van der Waals surface area (Å²) in [6.07, 6.45) is 2.30. The number of benzene rings is 1. The number of hydrogen-bond donors (Lipinski definition) is 3. The van der Waals surface area contributed by atoms with E-state index in [0.717, 1.165) is 6.54 Å². The number of hydrogen-bond acceptors (Lipinski definition) is 5. The first-order chi connectivity index (χ1) is 11.2. The van der Waals surface area contributed by atoms with Crippen molar-refractivity contribution in [1.29, 1.82) is 0 Å². The van der Waals surface area contributed by atoms with Crippen molar-refractivity contribution in [2.24, 2.45) is 0 Å². The third-order valence-electron chi connectivity index (χ3n) is 3.39. The number of morpholine rings is 1. The van der Waals surface area contributed by atoms with E-state index in [-0.39, 0.29) is 11.8 Å². The Labute approximate surface area is 133 Å². The molecule has 7 nitrogen and oxygen atoms in total. The molecule has 0 bridgehead atoms. The van der Waals surface area contributed by atoms with Gasteiger partial charge in [-0.2, -0.15) is 0 Å². The molecule has 23 heavy (non-hydrogen) atoms. The van der Waals surface area contributed by atoms with Gasteiger partial charge in [0.2, 0.25) is 0 Å². The maximum absolute atomic E-state index is 12.1. The average Bonchev–Trinajstić information content (AvgIpc) is 3.10. The fraction of sp³-hybridized carbons (Fsp3) is 0.250. The molecular weight excluding hydrogens is 298 g/mol. The number of furan rings is 1. The van der Waals surface area contributed by atoms with Gasteiger partial charge in [-0.3, -0.25) is 9.59 Å². The molecule has 1 aliphatic rings. The van der Waals surface area contributed by atoms with Crippen LogP contribution < -0.4 is 16.0 Å². The highest BCUT2D eigenvalue weighted by molar-refractivity contribution is 6.04. The first kappa shape index (κ1) is 15.3. The summed E-state index contributed by atoms with van der Waals surface area (Å²) in [4.78, 5) is 24.1. The number of carbonyl (C=O) groups excluding carboxylic acids is 2. The van der Waals surface area contributed by atoms with Gasteiger partial charge in [-0.05, 0) is 24.3 Å². The Balaban J connectivity index is 1.62. The van der Waals surface area contributed by atoms with Gasteiger partial charge in [0.25, 0.3) is 11.8 Å². The number of carbonyl (C=O) groups is 2. The lowest BCUT2D eigenvalue weighted by atomic mass is 10.2. The number of amides is 2. The maximum atomic E-state index is 12.1. The minimum Gasteiger partial charge on any atom is -0.472 e. The van der Waals surface area contributed by atoms with E-state index >= 15 is 0 Å². The Kier molecular flexibility index (Phi) is 4.70. The molecule has 1 saturated heterocycles. The number of ether oxygens (including phenoxy) is 1. The van der Waals surface area contributed by atoms with E-state index < -0.39 is 6.10 Å². The van der Waals surface area contributed by atoms with Crippen molar-refractivity contribution >= 4 is 23.2 Å².